The van der Waals surface area contributed by atoms with Crippen LogP contribution < -0.4 is 4.90 Å². The molecule has 0 aliphatic carbocycles. The van der Waals surface area contributed by atoms with Crippen molar-refractivity contribution in [2.24, 2.45) is 0 Å². The number of hydrogen-bond acceptors (Lipinski definition) is 4. The minimum atomic E-state index is -0.486. The van der Waals surface area contributed by atoms with Crippen LogP contribution in [-0.4, -0.2) is 31.4 Å². The Kier molecular flexibility index (Phi) is 5.59. The highest BCUT2D eigenvalue weighted by Gasteiger charge is 2.09. The number of benzene rings is 1. The summed E-state index contributed by atoms with van der Waals surface area (Å²) < 4.78 is 5.53. The molecule has 20 heavy (non-hydrogen) atoms. The van der Waals surface area contributed by atoms with Crippen molar-refractivity contribution in [1.82, 2.24) is 0 Å². The Balaban J connectivity index is 1.74. The molecule has 4 heteroatoms. The van der Waals surface area contributed by atoms with E-state index in [1.54, 1.807) is 11.3 Å². The average molecular weight is 291 g/mol. The van der Waals surface area contributed by atoms with E-state index in [9.17, 15) is 5.11 Å². The van der Waals surface area contributed by atoms with Gasteiger partial charge in [-0.25, -0.2) is 0 Å². The first-order chi connectivity index (χ1) is 9.65. The third-order valence-corrected chi connectivity index (χ3v) is 3.91. The summed E-state index contributed by atoms with van der Waals surface area (Å²) in [6.45, 7) is 3.56. The molecule has 0 fully saturated rings. The number of thiophene rings is 1. The number of aryl methyl sites for hydroxylation is 1. The Morgan fingerprint density at radius 3 is 2.85 bits per heavy atom. The number of likely N-dealkylation sites (N-methyl/N-ethyl adjacent to an activating group) is 1. The van der Waals surface area contributed by atoms with Crippen molar-refractivity contribution in [2.45, 2.75) is 19.6 Å². The number of ether oxygens (including phenoxy) is 1. The van der Waals surface area contributed by atoms with Crippen LogP contribution in [0, 0.1) is 6.92 Å². The first kappa shape index (κ1) is 15.0. The highest BCUT2D eigenvalue weighted by molar-refractivity contribution is 7.09. The molecule has 0 saturated heterocycles. The van der Waals surface area contributed by atoms with Crippen LogP contribution in [-0.2, 0) is 11.3 Å². The van der Waals surface area contributed by atoms with Crippen LogP contribution in [0.1, 0.15) is 10.4 Å². The predicted molar refractivity (Wildman–Crippen MR) is 84.4 cm³/mol. The first-order valence-corrected chi connectivity index (χ1v) is 7.59. The van der Waals surface area contributed by atoms with Crippen molar-refractivity contribution in [3.05, 3.63) is 52.2 Å². The van der Waals surface area contributed by atoms with Crippen molar-refractivity contribution in [3.63, 3.8) is 0 Å². The van der Waals surface area contributed by atoms with Crippen LogP contribution in [0.3, 0.4) is 0 Å². The molecule has 0 radical (unpaired) electrons. The number of nitrogens with zero attached hydrogens (tertiary/aromatic N) is 1. The molecule has 0 aliphatic heterocycles. The van der Waals surface area contributed by atoms with E-state index < -0.39 is 6.10 Å². The molecular formula is C16H21NO2S. The fourth-order valence-corrected chi connectivity index (χ4v) is 2.67. The van der Waals surface area contributed by atoms with Crippen LogP contribution in [0.2, 0.25) is 0 Å². The average Bonchev–Trinajstić information content (AvgIpc) is 2.92. The van der Waals surface area contributed by atoms with Gasteiger partial charge in [-0.15, -0.1) is 11.3 Å². The maximum Gasteiger partial charge on any atom is 0.0948 e. The molecule has 0 amide bonds. The van der Waals surface area contributed by atoms with E-state index in [-0.39, 0.29) is 0 Å². The van der Waals surface area contributed by atoms with Crippen molar-refractivity contribution in [2.75, 3.05) is 25.1 Å². The molecule has 108 valence electrons. The molecular weight excluding hydrogens is 270 g/mol. The normalized spacial score (nSPS) is 12.3. The van der Waals surface area contributed by atoms with Crippen LogP contribution >= 0.6 is 11.3 Å². The topological polar surface area (TPSA) is 32.7 Å². The number of aliphatic hydroxyl groups is 1. The van der Waals surface area contributed by atoms with Gasteiger partial charge in [0.05, 0.1) is 19.3 Å². The van der Waals surface area contributed by atoms with E-state index in [1.165, 1.54) is 10.4 Å². The van der Waals surface area contributed by atoms with E-state index in [0.29, 0.717) is 19.8 Å². The van der Waals surface area contributed by atoms with Gasteiger partial charge in [0.25, 0.3) is 0 Å². The van der Waals surface area contributed by atoms with Crippen LogP contribution in [0.5, 0.6) is 0 Å². The minimum Gasteiger partial charge on any atom is -0.389 e. The van der Waals surface area contributed by atoms with Gasteiger partial charge in [-0.3, -0.25) is 0 Å². The van der Waals surface area contributed by atoms with Gasteiger partial charge in [-0.05, 0) is 36.1 Å². The molecule has 1 aromatic carbocycles. The fraction of sp³-hybridized carbons (Fsp3) is 0.375. The zero-order valence-corrected chi connectivity index (χ0v) is 12.8. The van der Waals surface area contributed by atoms with E-state index in [0.717, 1.165) is 5.69 Å². The SMILES string of the molecule is Cc1cccc(N(C)CC(O)COCc2cccs2)c1. The third-order valence-electron chi connectivity index (χ3n) is 3.06. The maximum absolute atomic E-state index is 10.0. The molecule has 1 unspecified atom stereocenters. The Bertz CT molecular complexity index is 513. The van der Waals surface area contributed by atoms with Gasteiger partial charge < -0.3 is 14.7 Å². The zero-order valence-electron chi connectivity index (χ0n) is 12.0. The monoisotopic (exact) mass is 291 g/mol. The van der Waals surface area contributed by atoms with E-state index in [1.807, 2.05) is 41.6 Å². The molecule has 1 heterocycles. The molecule has 2 rings (SSSR count). The van der Waals surface area contributed by atoms with E-state index in [2.05, 4.69) is 19.1 Å². The molecule has 0 aliphatic rings. The summed E-state index contributed by atoms with van der Waals surface area (Å²) in [6, 6.07) is 12.3. The number of hydrogen-bond donors (Lipinski definition) is 1. The summed E-state index contributed by atoms with van der Waals surface area (Å²) in [7, 11) is 1.98. The van der Waals surface area contributed by atoms with Crippen molar-refractivity contribution >= 4 is 17.0 Å². The van der Waals surface area contributed by atoms with Gasteiger partial charge in [0.1, 0.15) is 0 Å². The van der Waals surface area contributed by atoms with Gasteiger partial charge in [0.2, 0.25) is 0 Å². The quantitative estimate of drug-likeness (QED) is 0.851. The lowest BCUT2D eigenvalue weighted by molar-refractivity contribution is 0.0335. The molecule has 0 bridgehead atoms. The summed E-state index contributed by atoms with van der Waals surface area (Å²) in [4.78, 5) is 3.23. The summed E-state index contributed by atoms with van der Waals surface area (Å²) in [5, 5.41) is 12.0. The lowest BCUT2D eigenvalue weighted by Crippen LogP contribution is -2.32. The second kappa shape index (κ2) is 7.43. The molecule has 0 spiro atoms. The lowest BCUT2D eigenvalue weighted by atomic mass is 10.2. The Morgan fingerprint density at radius 2 is 2.15 bits per heavy atom. The fourth-order valence-electron chi connectivity index (χ4n) is 2.03. The molecule has 2 aromatic rings. The van der Waals surface area contributed by atoms with E-state index in [4.69, 9.17) is 4.74 Å². The van der Waals surface area contributed by atoms with Gasteiger partial charge in [0, 0.05) is 24.2 Å². The highest BCUT2D eigenvalue weighted by Crippen LogP contribution is 2.15. The van der Waals surface area contributed by atoms with Gasteiger partial charge in [-0.1, -0.05) is 18.2 Å². The smallest absolute Gasteiger partial charge is 0.0948 e. The summed E-state index contributed by atoms with van der Waals surface area (Å²) in [5.41, 5.74) is 2.33. The second-order valence-corrected chi connectivity index (χ2v) is 6.00. The molecule has 3 nitrogen and oxygen atoms in total. The number of aliphatic hydroxyl groups excluding tert-OH is 1. The first-order valence-electron chi connectivity index (χ1n) is 6.71. The maximum atomic E-state index is 10.0. The van der Waals surface area contributed by atoms with Crippen molar-refractivity contribution in [1.29, 1.82) is 0 Å². The Hall–Kier alpha value is -1.36. The van der Waals surface area contributed by atoms with Crippen LogP contribution in [0.4, 0.5) is 5.69 Å². The molecule has 0 saturated carbocycles. The summed E-state index contributed by atoms with van der Waals surface area (Å²) in [6.07, 6.45) is -0.486. The minimum absolute atomic E-state index is 0.355. The number of anilines is 1. The second-order valence-electron chi connectivity index (χ2n) is 4.97. The van der Waals surface area contributed by atoms with Crippen LogP contribution in [0.15, 0.2) is 41.8 Å². The lowest BCUT2D eigenvalue weighted by Gasteiger charge is -2.23. The van der Waals surface area contributed by atoms with Gasteiger partial charge in [-0.2, -0.15) is 0 Å². The van der Waals surface area contributed by atoms with Crippen molar-refractivity contribution < 1.29 is 9.84 Å². The largest absolute Gasteiger partial charge is 0.389 e. The summed E-state index contributed by atoms with van der Waals surface area (Å²) in [5.74, 6) is 0. The van der Waals surface area contributed by atoms with E-state index >= 15 is 0 Å². The summed E-state index contributed by atoms with van der Waals surface area (Å²) >= 11 is 1.67. The molecule has 1 aromatic heterocycles. The molecule has 1 atom stereocenters. The standard InChI is InChI=1S/C16H21NO2S/c1-13-5-3-6-14(9-13)17(2)10-15(18)11-19-12-16-7-4-8-20-16/h3-9,15,18H,10-12H2,1-2H3. The Morgan fingerprint density at radius 1 is 1.30 bits per heavy atom. The molecule has 1 N–H and O–H groups in total. The van der Waals surface area contributed by atoms with Crippen LogP contribution in [0.25, 0.3) is 0 Å². The zero-order chi connectivity index (χ0) is 14.4. The Labute approximate surface area is 124 Å². The van der Waals surface area contributed by atoms with Gasteiger partial charge in [0.15, 0.2) is 0 Å². The third kappa shape index (κ3) is 4.63. The van der Waals surface area contributed by atoms with Gasteiger partial charge >= 0.3 is 0 Å². The highest BCUT2D eigenvalue weighted by atomic mass is 32.1. The number of rotatable bonds is 7. The predicted octanol–water partition coefficient (Wildman–Crippen LogP) is 3.07. The van der Waals surface area contributed by atoms with Crippen molar-refractivity contribution in [3.8, 4) is 0 Å².